The van der Waals surface area contributed by atoms with Crippen LogP contribution in [-0.4, -0.2) is 55.7 Å². The Bertz CT molecular complexity index is 614. The van der Waals surface area contributed by atoms with E-state index in [1.807, 2.05) is 38.1 Å². The Kier molecular flexibility index (Phi) is 11.3. The number of aryl methyl sites for hydroxylation is 1. The standard InChI is InChI=1S/C21H33N3O3.HI/c1-5-22-21(24-13-11-18(12-14-24)20(25)26-6-2)23-15-17(4)27-19-9-7-16(3)8-10-19;/h7-10,17-18H,5-6,11-15H2,1-4H3,(H,22,23);1H. The second-order valence-corrected chi connectivity index (χ2v) is 6.95. The van der Waals surface area contributed by atoms with E-state index in [0.717, 1.165) is 44.2 Å². The lowest BCUT2D eigenvalue weighted by Crippen LogP contribution is -2.47. The first-order chi connectivity index (χ1) is 13.0. The molecule has 0 aliphatic carbocycles. The Morgan fingerprint density at radius 3 is 2.46 bits per heavy atom. The maximum absolute atomic E-state index is 11.9. The Morgan fingerprint density at radius 1 is 1.25 bits per heavy atom. The van der Waals surface area contributed by atoms with E-state index in [2.05, 4.69) is 24.1 Å². The third kappa shape index (κ3) is 7.85. The van der Waals surface area contributed by atoms with Crippen LogP contribution < -0.4 is 10.1 Å². The van der Waals surface area contributed by atoms with Gasteiger partial charge >= 0.3 is 5.97 Å². The number of guanidine groups is 1. The summed E-state index contributed by atoms with van der Waals surface area (Å²) < 4.78 is 11.1. The molecule has 7 heteroatoms. The number of nitrogens with one attached hydrogen (secondary N) is 1. The normalized spacial score (nSPS) is 16.1. The molecule has 0 aromatic heterocycles. The third-order valence-electron chi connectivity index (χ3n) is 4.61. The lowest BCUT2D eigenvalue weighted by molar-refractivity contribution is -0.149. The Hall–Kier alpha value is -1.51. The number of esters is 1. The fourth-order valence-corrected chi connectivity index (χ4v) is 3.11. The molecular formula is C21H34IN3O3. The van der Waals surface area contributed by atoms with E-state index in [1.165, 1.54) is 5.56 Å². The molecule has 1 aliphatic rings. The maximum Gasteiger partial charge on any atom is 0.309 e. The summed E-state index contributed by atoms with van der Waals surface area (Å²) in [6.45, 7) is 11.5. The maximum atomic E-state index is 11.9. The van der Waals surface area contributed by atoms with Crippen molar-refractivity contribution in [1.29, 1.82) is 0 Å². The van der Waals surface area contributed by atoms with Gasteiger partial charge in [-0.05, 0) is 52.7 Å². The van der Waals surface area contributed by atoms with Crippen molar-refractivity contribution < 1.29 is 14.3 Å². The fraction of sp³-hybridized carbons (Fsp3) is 0.619. The number of carbonyl (C=O) groups excluding carboxylic acids is 1. The van der Waals surface area contributed by atoms with Gasteiger partial charge in [-0.2, -0.15) is 0 Å². The largest absolute Gasteiger partial charge is 0.489 e. The second-order valence-electron chi connectivity index (χ2n) is 6.95. The molecule has 1 aliphatic heterocycles. The van der Waals surface area contributed by atoms with Gasteiger partial charge in [-0.25, -0.2) is 4.99 Å². The highest BCUT2D eigenvalue weighted by Gasteiger charge is 2.27. The van der Waals surface area contributed by atoms with Gasteiger partial charge < -0.3 is 19.7 Å². The Labute approximate surface area is 186 Å². The summed E-state index contributed by atoms with van der Waals surface area (Å²) in [6.07, 6.45) is 1.59. The van der Waals surface area contributed by atoms with Crippen LogP contribution in [0.5, 0.6) is 5.75 Å². The van der Waals surface area contributed by atoms with E-state index in [-0.39, 0.29) is 42.0 Å². The second kappa shape index (κ2) is 12.9. The first kappa shape index (κ1) is 24.5. The quantitative estimate of drug-likeness (QED) is 0.267. The zero-order valence-corrected chi connectivity index (χ0v) is 19.8. The van der Waals surface area contributed by atoms with Crippen molar-refractivity contribution in [3.63, 3.8) is 0 Å². The minimum atomic E-state index is -0.0702. The van der Waals surface area contributed by atoms with Gasteiger partial charge in [0.15, 0.2) is 5.96 Å². The van der Waals surface area contributed by atoms with Crippen LogP contribution in [0.15, 0.2) is 29.3 Å². The van der Waals surface area contributed by atoms with Gasteiger partial charge in [0, 0.05) is 19.6 Å². The molecule has 0 amide bonds. The van der Waals surface area contributed by atoms with Crippen LogP contribution in [0.2, 0.25) is 0 Å². The van der Waals surface area contributed by atoms with Gasteiger partial charge in [-0.1, -0.05) is 17.7 Å². The Morgan fingerprint density at radius 2 is 1.89 bits per heavy atom. The van der Waals surface area contributed by atoms with Gasteiger partial charge in [0.2, 0.25) is 0 Å². The molecule has 0 bridgehead atoms. The first-order valence-electron chi connectivity index (χ1n) is 9.96. The van der Waals surface area contributed by atoms with E-state index in [1.54, 1.807) is 0 Å². The van der Waals surface area contributed by atoms with Crippen LogP contribution in [0.4, 0.5) is 0 Å². The molecule has 0 spiro atoms. The van der Waals surface area contributed by atoms with Crippen LogP contribution in [0.25, 0.3) is 0 Å². The highest BCUT2D eigenvalue weighted by atomic mass is 127. The lowest BCUT2D eigenvalue weighted by atomic mass is 9.97. The number of nitrogens with zero attached hydrogens (tertiary/aromatic N) is 2. The molecule has 28 heavy (non-hydrogen) atoms. The molecular weight excluding hydrogens is 469 g/mol. The number of piperidine rings is 1. The number of ether oxygens (including phenoxy) is 2. The predicted octanol–water partition coefficient (Wildman–Crippen LogP) is 3.62. The van der Waals surface area contributed by atoms with Crippen LogP contribution >= 0.6 is 24.0 Å². The van der Waals surface area contributed by atoms with Crippen LogP contribution in [-0.2, 0) is 9.53 Å². The average Bonchev–Trinajstić information content (AvgIpc) is 2.67. The average molecular weight is 503 g/mol. The number of aliphatic imine (C=N–C) groups is 1. The topological polar surface area (TPSA) is 63.2 Å². The molecule has 0 saturated carbocycles. The summed E-state index contributed by atoms with van der Waals surface area (Å²) in [4.78, 5) is 18.9. The monoisotopic (exact) mass is 503 g/mol. The number of rotatable bonds is 7. The summed E-state index contributed by atoms with van der Waals surface area (Å²) in [6, 6.07) is 8.06. The van der Waals surface area contributed by atoms with Gasteiger partial charge in [0.25, 0.3) is 0 Å². The van der Waals surface area contributed by atoms with E-state index >= 15 is 0 Å². The molecule has 1 aromatic carbocycles. The van der Waals surface area contributed by atoms with Gasteiger partial charge in [-0.3, -0.25) is 4.79 Å². The highest BCUT2D eigenvalue weighted by molar-refractivity contribution is 14.0. The predicted molar refractivity (Wildman–Crippen MR) is 124 cm³/mol. The summed E-state index contributed by atoms with van der Waals surface area (Å²) in [5.41, 5.74) is 1.22. The molecule has 1 N–H and O–H groups in total. The number of hydrogen-bond acceptors (Lipinski definition) is 4. The van der Waals surface area contributed by atoms with Crippen molar-refractivity contribution >= 4 is 35.9 Å². The molecule has 1 atom stereocenters. The van der Waals surface area contributed by atoms with Crippen molar-refractivity contribution in [2.75, 3.05) is 32.8 Å². The molecule has 1 aromatic rings. The SMILES string of the molecule is CCNC(=NCC(C)Oc1ccc(C)cc1)N1CCC(C(=O)OCC)CC1.I. The molecule has 158 valence electrons. The van der Waals surface area contributed by atoms with Crippen LogP contribution in [0.3, 0.4) is 0 Å². The number of carbonyl (C=O) groups is 1. The molecule has 1 fully saturated rings. The van der Waals surface area contributed by atoms with Crippen LogP contribution in [0.1, 0.15) is 39.2 Å². The smallest absolute Gasteiger partial charge is 0.309 e. The van der Waals surface area contributed by atoms with E-state index in [9.17, 15) is 4.79 Å². The minimum Gasteiger partial charge on any atom is -0.489 e. The zero-order valence-electron chi connectivity index (χ0n) is 17.4. The summed E-state index contributed by atoms with van der Waals surface area (Å²) in [5, 5.41) is 3.35. The van der Waals surface area contributed by atoms with Crippen LogP contribution in [0, 0.1) is 12.8 Å². The van der Waals surface area contributed by atoms with Crippen molar-refractivity contribution in [3.8, 4) is 5.75 Å². The summed E-state index contributed by atoms with van der Waals surface area (Å²) in [5.74, 6) is 1.69. The van der Waals surface area contributed by atoms with E-state index < -0.39 is 0 Å². The van der Waals surface area contributed by atoms with E-state index in [4.69, 9.17) is 14.5 Å². The van der Waals surface area contributed by atoms with Gasteiger partial charge in [0.1, 0.15) is 11.9 Å². The third-order valence-corrected chi connectivity index (χ3v) is 4.61. The summed E-state index contributed by atoms with van der Waals surface area (Å²) in [7, 11) is 0. The number of likely N-dealkylation sites (tertiary alicyclic amines) is 1. The highest BCUT2D eigenvalue weighted by Crippen LogP contribution is 2.19. The number of benzene rings is 1. The van der Waals surface area contributed by atoms with Crippen molar-refractivity contribution in [2.45, 2.75) is 46.6 Å². The van der Waals surface area contributed by atoms with Crippen molar-refractivity contribution in [1.82, 2.24) is 10.2 Å². The first-order valence-corrected chi connectivity index (χ1v) is 9.96. The summed E-state index contributed by atoms with van der Waals surface area (Å²) >= 11 is 0. The van der Waals surface area contributed by atoms with Gasteiger partial charge in [0.05, 0.1) is 19.1 Å². The number of halogens is 1. The molecule has 1 heterocycles. The van der Waals surface area contributed by atoms with Crippen molar-refractivity contribution in [2.24, 2.45) is 10.9 Å². The zero-order chi connectivity index (χ0) is 19.6. The Balaban J connectivity index is 0.00000392. The minimum absolute atomic E-state index is 0. The van der Waals surface area contributed by atoms with E-state index in [0.29, 0.717) is 13.2 Å². The number of hydrogen-bond donors (Lipinski definition) is 1. The lowest BCUT2D eigenvalue weighted by Gasteiger charge is -2.33. The van der Waals surface area contributed by atoms with Gasteiger partial charge in [-0.15, -0.1) is 24.0 Å². The van der Waals surface area contributed by atoms with Crippen molar-refractivity contribution in [3.05, 3.63) is 29.8 Å². The molecule has 1 unspecified atom stereocenters. The molecule has 1 saturated heterocycles. The molecule has 0 radical (unpaired) electrons. The molecule has 2 rings (SSSR count). The fourth-order valence-electron chi connectivity index (χ4n) is 3.11. The molecule has 6 nitrogen and oxygen atoms in total.